The van der Waals surface area contributed by atoms with Gasteiger partial charge in [-0.3, -0.25) is 0 Å². The zero-order valence-electron chi connectivity index (χ0n) is 11.4. The second kappa shape index (κ2) is 5.98. The van der Waals surface area contributed by atoms with Crippen molar-refractivity contribution in [3.8, 4) is 17.1 Å². The molecule has 2 N–H and O–H groups in total. The van der Waals surface area contributed by atoms with Crippen LogP contribution in [0.2, 0.25) is 5.02 Å². The Morgan fingerprint density at radius 2 is 2.09 bits per heavy atom. The van der Waals surface area contributed by atoms with Crippen molar-refractivity contribution in [3.05, 3.63) is 28.1 Å². The van der Waals surface area contributed by atoms with Crippen LogP contribution in [0.4, 0.5) is 5.95 Å². The third kappa shape index (κ3) is 2.67. The van der Waals surface area contributed by atoms with E-state index in [-0.39, 0.29) is 5.95 Å². The van der Waals surface area contributed by atoms with Crippen molar-refractivity contribution in [3.63, 3.8) is 0 Å². The molecular weight excluding hydrogens is 372 g/mol. The largest absolute Gasteiger partial charge is 0.476 e. The summed E-state index contributed by atoms with van der Waals surface area (Å²) >= 11 is 9.53. The van der Waals surface area contributed by atoms with Crippen LogP contribution < -0.4 is 10.5 Å². The summed E-state index contributed by atoms with van der Waals surface area (Å²) in [6, 6.07) is 1.75. The van der Waals surface area contributed by atoms with Gasteiger partial charge in [-0.2, -0.15) is 9.97 Å². The van der Waals surface area contributed by atoms with Crippen molar-refractivity contribution in [1.82, 2.24) is 24.9 Å². The normalized spacial score (nSPS) is 10.9. The van der Waals surface area contributed by atoms with E-state index in [9.17, 15) is 0 Å². The lowest BCUT2D eigenvalue weighted by Crippen LogP contribution is -2.04. The van der Waals surface area contributed by atoms with Crippen LogP contribution in [0.25, 0.3) is 22.4 Å². The molecule has 112 valence electrons. The summed E-state index contributed by atoms with van der Waals surface area (Å²) in [7, 11) is 0. The molecule has 0 aliphatic rings. The van der Waals surface area contributed by atoms with Gasteiger partial charge in [0.2, 0.25) is 11.8 Å². The predicted octanol–water partition coefficient (Wildman–Crippen LogP) is 2.88. The molecule has 0 aliphatic carbocycles. The van der Waals surface area contributed by atoms with Gasteiger partial charge in [0.15, 0.2) is 11.2 Å². The Morgan fingerprint density at radius 3 is 2.86 bits per heavy atom. The maximum atomic E-state index is 6.25. The number of rotatable bonds is 3. The molecule has 0 bridgehead atoms. The minimum atomic E-state index is 0.0858. The van der Waals surface area contributed by atoms with E-state index in [0.29, 0.717) is 44.5 Å². The lowest BCUT2D eigenvalue weighted by atomic mass is 10.2. The molecule has 0 radical (unpaired) electrons. The van der Waals surface area contributed by atoms with Gasteiger partial charge in [0.25, 0.3) is 0 Å². The molecule has 7 nitrogen and oxygen atoms in total. The number of anilines is 1. The first-order chi connectivity index (χ1) is 10.6. The fraction of sp³-hybridized carbons (Fsp3) is 0.154. The van der Waals surface area contributed by atoms with Crippen molar-refractivity contribution in [2.24, 2.45) is 0 Å². The molecule has 0 atom stereocenters. The highest BCUT2D eigenvalue weighted by Crippen LogP contribution is 2.32. The zero-order valence-corrected chi connectivity index (χ0v) is 13.8. The van der Waals surface area contributed by atoms with E-state index < -0.39 is 0 Å². The smallest absolute Gasteiger partial charge is 0.247 e. The topological polar surface area (TPSA) is 99.7 Å². The molecule has 0 aromatic carbocycles. The Labute approximate surface area is 139 Å². The highest BCUT2D eigenvalue weighted by Gasteiger charge is 2.14. The molecule has 22 heavy (non-hydrogen) atoms. The van der Waals surface area contributed by atoms with Crippen LogP contribution in [0.15, 0.2) is 23.1 Å². The minimum Gasteiger partial charge on any atom is -0.476 e. The molecule has 0 aliphatic heterocycles. The van der Waals surface area contributed by atoms with E-state index in [0.717, 1.165) is 0 Å². The summed E-state index contributed by atoms with van der Waals surface area (Å²) in [6.07, 6.45) is 3.19. The maximum absolute atomic E-state index is 6.25. The van der Waals surface area contributed by atoms with E-state index in [1.807, 2.05) is 6.92 Å². The molecular formula is C13H10BrClN6O. The number of hydrogen-bond acceptors (Lipinski definition) is 7. The number of aromatic nitrogens is 5. The number of nitrogens with two attached hydrogens (primary N) is 1. The molecule has 0 fully saturated rings. The highest BCUT2D eigenvalue weighted by molar-refractivity contribution is 9.10. The van der Waals surface area contributed by atoms with Crippen molar-refractivity contribution >= 4 is 44.6 Å². The lowest BCUT2D eigenvalue weighted by molar-refractivity contribution is 0.330. The van der Waals surface area contributed by atoms with Crippen LogP contribution in [-0.4, -0.2) is 31.5 Å². The van der Waals surface area contributed by atoms with Gasteiger partial charge in [-0.15, -0.1) is 0 Å². The van der Waals surface area contributed by atoms with Crippen molar-refractivity contribution in [2.45, 2.75) is 6.92 Å². The van der Waals surface area contributed by atoms with E-state index in [4.69, 9.17) is 22.1 Å². The van der Waals surface area contributed by atoms with Gasteiger partial charge in [-0.25, -0.2) is 15.0 Å². The van der Waals surface area contributed by atoms with Crippen molar-refractivity contribution < 1.29 is 4.74 Å². The summed E-state index contributed by atoms with van der Waals surface area (Å²) in [5.41, 5.74) is 7.69. The monoisotopic (exact) mass is 380 g/mol. The lowest BCUT2D eigenvalue weighted by Gasteiger charge is -2.08. The second-order valence-electron chi connectivity index (χ2n) is 4.21. The van der Waals surface area contributed by atoms with E-state index in [1.165, 1.54) is 0 Å². The Morgan fingerprint density at radius 1 is 1.27 bits per heavy atom. The van der Waals surface area contributed by atoms with E-state index in [2.05, 4.69) is 40.8 Å². The Kier molecular flexibility index (Phi) is 4.04. The minimum absolute atomic E-state index is 0.0858. The molecule has 3 aromatic rings. The maximum Gasteiger partial charge on any atom is 0.247 e. The molecule has 0 spiro atoms. The fourth-order valence-corrected chi connectivity index (χ4v) is 2.42. The van der Waals surface area contributed by atoms with Gasteiger partial charge in [0.1, 0.15) is 4.60 Å². The summed E-state index contributed by atoms with van der Waals surface area (Å²) in [5, 5.41) is 0.450. The molecule has 3 rings (SSSR count). The summed E-state index contributed by atoms with van der Waals surface area (Å²) < 4.78 is 5.99. The quantitative estimate of drug-likeness (QED) is 0.696. The number of hydrogen-bond donors (Lipinski definition) is 1. The molecule has 9 heteroatoms. The standard InChI is InChI=1S/C13H10BrClN6O/c1-2-22-12-9-11(20-13(16)21-12)18-5-7(19-9)6-3-4-17-10(14)8(6)15/h3-5H,2H2,1H3,(H2,16,18,20,21). The van der Waals surface area contributed by atoms with Gasteiger partial charge < -0.3 is 10.5 Å². The third-order valence-electron chi connectivity index (χ3n) is 2.80. The Balaban J connectivity index is 2.22. The van der Waals surface area contributed by atoms with E-state index >= 15 is 0 Å². The Bertz CT molecular complexity index is 859. The fourth-order valence-electron chi connectivity index (χ4n) is 1.88. The van der Waals surface area contributed by atoms with Crippen LogP contribution in [0.5, 0.6) is 5.88 Å². The molecule has 3 heterocycles. The highest BCUT2D eigenvalue weighted by atomic mass is 79.9. The first-order valence-electron chi connectivity index (χ1n) is 6.33. The van der Waals surface area contributed by atoms with Crippen molar-refractivity contribution in [2.75, 3.05) is 12.3 Å². The number of nitrogens with zero attached hydrogens (tertiary/aromatic N) is 5. The average Bonchev–Trinajstić information content (AvgIpc) is 2.50. The van der Waals surface area contributed by atoms with Crippen molar-refractivity contribution in [1.29, 1.82) is 0 Å². The Hall–Kier alpha value is -2.06. The second-order valence-corrected chi connectivity index (χ2v) is 5.34. The zero-order chi connectivity index (χ0) is 15.7. The number of fused-ring (bicyclic) bond motifs is 1. The van der Waals surface area contributed by atoms with Gasteiger partial charge in [0.05, 0.1) is 23.5 Å². The van der Waals surface area contributed by atoms with Crippen LogP contribution in [-0.2, 0) is 0 Å². The number of nitrogen functional groups attached to an aromatic ring is 1. The molecule has 0 amide bonds. The summed E-state index contributed by atoms with van der Waals surface area (Å²) in [5.74, 6) is 0.381. The van der Waals surface area contributed by atoms with E-state index in [1.54, 1.807) is 18.5 Å². The average molecular weight is 382 g/mol. The van der Waals surface area contributed by atoms with Gasteiger partial charge in [-0.05, 0) is 28.9 Å². The molecule has 0 saturated heterocycles. The van der Waals surface area contributed by atoms with Gasteiger partial charge in [0, 0.05) is 11.8 Å². The van der Waals surface area contributed by atoms with Gasteiger partial charge >= 0.3 is 0 Å². The molecule has 0 unspecified atom stereocenters. The molecule has 3 aromatic heterocycles. The summed E-state index contributed by atoms with van der Waals surface area (Å²) in [6.45, 7) is 2.28. The van der Waals surface area contributed by atoms with Crippen LogP contribution >= 0.6 is 27.5 Å². The van der Waals surface area contributed by atoms with Crippen LogP contribution in [0.1, 0.15) is 6.92 Å². The first kappa shape index (κ1) is 14.9. The summed E-state index contributed by atoms with van der Waals surface area (Å²) in [4.78, 5) is 20.9. The number of ether oxygens (including phenoxy) is 1. The first-order valence-corrected chi connectivity index (χ1v) is 7.50. The third-order valence-corrected chi connectivity index (χ3v) is 4.01. The SMILES string of the molecule is CCOc1nc(N)nc2ncc(-c3ccnc(Br)c3Cl)nc12. The van der Waals surface area contributed by atoms with Gasteiger partial charge in [-0.1, -0.05) is 11.6 Å². The van der Waals surface area contributed by atoms with Crippen LogP contribution in [0.3, 0.4) is 0 Å². The van der Waals surface area contributed by atoms with Crippen LogP contribution in [0, 0.1) is 0 Å². The number of pyridine rings is 1. The predicted molar refractivity (Wildman–Crippen MR) is 86.7 cm³/mol. The molecule has 0 saturated carbocycles. The number of halogens is 2.